The van der Waals surface area contributed by atoms with Crippen molar-refractivity contribution >= 4 is 0 Å². The highest BCUT2D eigenvalue weighted by atomic mass is 19.3. The Kier molecular flexibility index (Phi) is 4.26. The van der Waals surface area contributed by atoms with Gasteiger partial charge in [0.25, 0.3) is 6.43 Å². The van der Waals surface area contributed by atoms with Crippen LogP contribution in [-0.2, 0) is 4.74 Å². The van der Waals surface area contributed by atoms with E-state index in [1.54, 1.807) is 6.92 Å². The van der Waals surface area contributed by atoms with E-state index in [-0.39, 0.29) is 11.3 Å². The third-order valence-corrected chi connectivity index (χ3v) is 1.31. The molecule has 0 bridgehead atoms. The van der Waals surface area contributed by atoms with Crippen LogP contribution in [0.25, 0.3) is 0 Å². The van der Waals surface area contributed by atoms with Crippen LogP contribution in [0.1, 0.15) is 6.92 Å². The molecule has 0 saturated carbocycles. The normalized spacial score (nSPS) is 12.4. The summed E-state index contributed by atoms with van der Waals surface area (Å²) in [4.78, 5) is 0. The van der Waals surface area contributed by atoms with E-state index in [1.807, 2.05) is 0 Å². The number of ether oxygens (including phenoxy) is 1. The fourth-order valence-corrected chi connectivity index (χ4v) is 0.819. The van der Waals surface area contributed by atoms with Crippen LogP contribution < -0.4 is 0 Å². The van der Waals surface area contributed by atoms with Crippen molar-refractivity contribution in [2.75, 3.05) is 7.11 Å². The summed E-state index contributed by atoms with van der Waals surface area (Å²) in [7, 11) is 1.33. The van der Waals surface area contributed by atoms with E-state index in [0.29, 0.717) is 5.57 Å². The molecule has 1 nitrogen and oxygen atoms in total. The van der Waals surface area contributed by atoms with Gasteiger partial charge >= 0.3 is 0 Å². The van der Waals surface area contributed by atoms with Crippen LogP contribution >= 0.6 is 0 Å². The largest absolute Gasteiger partial charge is 0.496 e. The molecule has 0 amide bonds. The van der Waals surface area contributed by atoms with Gasteiger partial charge in [-0.3, -0.25) is 0 Å². The molecular weight excluding hydrogens is 162 g/mol. The van der Waals surface area contributed by atoms with Crippen LogP contribution in [0.15, 0.2) is 36.1 Å². The van der Waals surface area contributed by atoms with Gasteiger partial charge < -0.3 is 4.74 Å². The fraction of sp³-hybridized carbons (Fsp3) is 0.333. The van der Waals surface area contributed by atoms with Gasteiger partial charge in [-0.25, -0.2) is 8.78 Å². The van der Waals surface area contributed by atoms with E-state index in [0.717, 1.165) is 6.08 Å². The zero-order valence-electron chi connectivity index (χ0n) is 7.23. The summed E-state index contributed by atoms with van der Waals surface area (Å²) in [5.74, 6) is 0.111. The number of hydrogen-bond acceptors (Lipinski definition) is 1. The van der Waals surface area contributed by atoms with Gasteiger partial charge in [0, 0.05) is 0 Å². The van der Waals surface area contributed by atoms with Crippen molar-refractivity contribution in [1.82, 2.24) is 0 Å². The average molecular weight is 174 g/mol. The molecule has 68 valence electrons. The Labute approximate surface area is 71.0 Å². The second-order valence-corrected chi connectivity index (χ2v) is 2.27. The van der Waals surface area contributed by atoms with Crippen molar-refractivity contribution in [2.45, 2.75) is 13.3 Å². The molecule has 3 heteroatoms. The van der Waals surface area contributed by atoms with E-state index in [1.165, 1.54) is 7.11 Å². The first-order valence-corrected chi connectivity index (χ1v) is 3.39. The smallest absolute Gasteiger partial charge is 0.267 e. The van der Waals surface area contributed by atoms with Crippen LogP contribution in [0, 0.1) is 0 Å². The van der Waals surface area contributed by atoms with Gasteiger partial charge in [0.05, 0.1) is 12.7 Å². The standard InChI is InChI=1S/C9H12F2O/c1-5-7(9(10)11)8(12-4)6(2)3/h5,9H,1-2H2,3-4H3/b8-7-. The molecule has 0 aromatic rings. The van der Waals surface area contributed by atoms with Crippen molar-refractivity contribution in [3.05, 3.63) is 36.1 Å². The molecule has 0 atom stereocenters. The molecule has 0 heterocycles. The number of methoxy groups -OCH3 is 1. The predicted molar refractivity (Wildman–Crippen MR) is 45.1 cm³/mol. The molecule has 0 N–H and O–H groups in total. The first kappa shape index (κ1) is 10.9. The maximum Gasteiger partial charge on any atom is 0.267 e. The summed E-state index contributed by atoms with van der Waals surface area (Å²) >= 11 is 0. The molecule has 0 unspecified atom stereocenters. The van der Waals surface area contributed by atoms with Crippen molar-refractivity contribution in [1.29, 1.82) is 0 Å². The zero-order valence-corrected chi connectivity index (χ0v) is 7.23. The highest BCUT2D eigenvalue weighted by Gasteiger charge is 2.14. The van der Waals surface area contributed by atoms with Crippen molar-refractivity contribution in [3.8, 4) is 0 Å². The lowest BCUT2D eigenvalue weighted by Gasteiger charge is -2.09. The lowest BCUT2D eigenvalue weighted by atomic mass is 10.1. The van der Waals surface area contributed by atoms with Crippen LogP contribution in [-0.4, -0.2) is 13.5 Å². The van der Waals surface area contributed by atoms with Crippen LogP contribution in [0.4, 0.5) is 8.78 Å². The van der Waals surface area contributed by atoms with Gasteiger partial charge in [0.1, 0.15) is 5.76 Å². The predicted octanol–water partition coefficient (Wildman–Crippen LogP) is 2.91. The van der Waals surface area contributed by atoms with Gasteiger partial charge in [-0.2, -0.15) is 0 Å². The monoisotopic (exact) mass is 174 g/mol. The summed E-state index contributed by atoms with van der Waals surface area (Å²) in [6, 6.07) is 0. The molecule has 0 spiro atoms. The number of halogens is 2. The van der Waals surface area contributed by atoms with E-state index < -0.39 is 6.43 Å². The fourth-order valence-electron chi connectivity index (χ4n) is 0.819. The first-order chi connectivity index (χ1) is 5.54. The number of hydrogen-bond donors (Lipinski definition) is 0. The molecule has 12 heavy (non-hydrogen) atoms. The molecule has 0 radical (unpaired) electrons. The first-order valence-electron chi connectivity index (χ1n) is 3.39. The van der Waals surface area contributed by atoms with E-state index in [4.69, 9.17) is 4.74 Å². The molecule has 0 aromatic heterocycles. The Morgan fingerprint density at radius 3 is 2.08 bits per heavy atom. The molecule has 0 aliphatic carbocycles. The summed E-state index contributed by atoms with van der Waals surface area (Å²) in [6.07, 6.45) is -1.49. The summed E-state index contributed by atoms with van der Waals surface area (Å²) in [5, 5.41) is 0. The maximum absolute atomic E-state index is 12.2. The highest BCUT2D eigenvalue weighted by Crippen LogP contribution is 2.20. The van der Waals surface area contributed by atoms with Gasteiger partial charge in [-0.1, -0.05) is 19.2 Å². The van der Waals surface area contributed by atoms with E-state index >= 15 is 0 Å². The summed E-state index contributed by atoms with van der Waals surface area (Å²) in [6.45, 7) is 8.39. The molecular formula is C9H12F2O. The van der Waals surface area contributed by atoms with Crippen LogP contribution in [0.3, 0.4) is 0 Å². The quantitative estimate of drug-likeness (QED) is 0.470. The van der Waals surface area contributed by atoms with Crippen LogP contribution in [0.2, 0.25) is 0 Å². The molecule has 0 rings (SSSR count). The Morgan fingerprint density at radius 1 is 1.50 bits per heavy atom. The van der Waals surface area contributed by atoms with Crippen molar-refractivity contribution in [2.24, 2.45) is 0 Å². The van der Waals surface area contributed by atoms with Crippen molar-refractivity contribution < 1.29 is 13.5 Å². The summed E-state index contributed by atoms with van der Waals surface area (Å²) in [5.41, 5.74) is 0.248. The van der Waals surface area contributed by atoms with E-state index in [2.05, 4.69) is 13.2 Å². The Morgan fingerprint density at radius 2 is 2.00 bits per heavy atom. The molecule has 0 aromatic carbocycles. The molecule has 0 aliphatic rings. The SMILES string of the molecule is C=C/C(=C(/OC)C(=C)C)C(F)F. The van der Waals surface area contributed by atoms with Gasteiger partial charge in [0.15, 0.2) is 0 Å². The second kappa shape index (κ2) is 4.70. The third kappa shape index (κ3) is 2.49. The zero-order chi connectivity index (χ0) is 9.72. The number of alkyl halides is 2. The van der Waals surface area contributed by atoms with Gasteiger partial charge in [-0.05, 0) is 12.5 Å². The second-order valence-electron chi connectivity index (χ2n) is 2.27. The minimum Gasteiger partial charge on any atom is -0.496 e. The average Bonchev–Trinajstić information content (AvgIpc) is 1.98. The summed E-state index contributed by atoms with van der Waals surface area (Å²) < 4.78 is 29.2. The molecule has 0 saturated heterocycles. The minimum atomic E-state index is -2.57. The van der Waals surface area contributed by atoms with Crippen LogP contribution in [0.5, 0.6) is 0 Å². The third-order valence-electron chi connectivity index (χ3n) is 1.31. The molecule has 0 aliphatic heterocycles. The Bertz CT molecular complexity index is 217. The lowest BCUT2D eigenvalue weighted by Crippen LogP contribution is -2.01. The highest BCUT2D eigenvalue weighted by molar-refractivity contribution is 5.33. The van der Waals surface area contributed by atoms with Gasteiger partial charge in [-0.15, -0.1) is 0 Å². The Balaban J connectivity index is 5.01. The molecule has 0 fully saturated rings. The number of allylic oxidation sites excluding steroid dienone is 3. The lowest BCUT2D eigenvalue weighted by molar-refractivity contribution is 0.181. The number of rotatable bonds is 4. The Hall–Kier alpha value is -1.12. The van der Waals surface area contributed by atoms with E-state index in [9.17, 15) is 8.78 Å². The van der Waals surface area contributed by atoms with Gasteiger partial charge in [0.2, 0.25) is 0 Å². The maximum atomic E-state index is 12.2. The van der Waals surface area contributed by atoms with Crippen molar-refractivity contribution in [3.63, 3.8) is 0 Å². The topological polar surface area (TPSA) is 9.23 Å². The minimum absolute atomic E-state index is 0.111.